The molecule has 1 aliphatic heterocycles. The van der Waals surface area contributed by atoms with Crippen LogP contribution in [0.25, 0.3) is 5.69 Å². The summed E-state index contributed by atoms with van der Waals surface area (Å²) < 4.78 is 7.64. The molecule has 28 heavy (non-hydrogen) atoms. The van der Waals surface area contributed by atoms with Gasteiger partial charge in [0, 0.05) is 31.3 Å². The van der Waals surface area contributed by atoms with Gasteiger partial charge in [0.25, 0.3) is 5.91 Å². The van der Waals surface area contributed by atoms with Crippen LogP contribution in [0.5, 0.6) is 5.75 Å². The van der Waals surface area contributed by atoms with Crippen molar-refractivity contribution in [1.29, 1.82) is 0 Å². The van der Waals surface area contributed by atoms with Gasteiger partial charge in [-0.25, -0.2) is 4.68 Å². The topological polar surface area (TPSA) is 47.4 Å². The number of fused-ring (bicyclic) bond motifs is 1. The quantitative estimate of drug-likeness (QED) is 0.690. The van der Waals surface area contributed by atoms with Crippen LogP contribution in [0.15, 0.2) is 48.5 Å². The van der Waals surface area contributed by atoms with Crippen LogP contribution in [-0.4, -0.2) is 33.7 Å². The van der Waals surface area contributed by atoms with Gasteiger partial charge < -0.3 is 9.64 Å². The van der Waals surface area contributed by atoms with Crippen molar-refractivity contribution < 1.29 is 9.53 Å². The highest BCUT2D eigenvalue weighted by atomic mass is 16.5. The third-order valence-corrected chi connectivity index (χ3v) is 5.10. The molecule has 0 fully saturated rings. The molecular formula is C23H25N3O2. The summed E-state index contributed by atoms with van der Waals surface area (Å²) in [5, 5.41) is 4.49. The zero-order valence-electron chi connectivity index (χ0n) is 16.8. The third-order valence-electron chi connectivity index (χ3n) is 5.10. The van der Waals surface area contributed by atoms with E-state index in [2.05, 4.69) is 18.1 Å². The second kappa shape index (κ2) is 7.15. The van der Waals surface area contributed by atoms with Crippen LogP contribution < -0.4 is 4.74 Å². The maximum absolute atomic E-state index is 12.8. The molecule has 1 amide bonds. The second-order valence-electron chi connectivity index (χ2n) is 7.62. The first kappa shape index (κ1) is 18.3. The standard InChI is InChI=1S/C23H25N3O2/c1-15-11-16(2)26(24-15)21-8-6-19(7-9-21)23(27)25(4)14-18-5-10-22-20(13-18)12-17(3)28-22/h5-11,13,17H,12,14H2,1-4H3/t17-/m0/s1. The summed E-state index contributed by atoms with van der Waals surface area (Å²) in [5.74, 6) is 0.968. The summed E-state index contributed by atoms with van der Waals surface area (Å²) in [6.07, 6.45) is 1.15. The van der Waals surface area contributed by atoms with E-state index in [4.69, 9.17) is 4.74 Å². The summed E-state index contributed by atoms with van der Waals surface area (Å²) in [4.78, 5) is 14.6. The minimum atomic E-state index is 0.00466. The van der Waals surface area contributed by atoms with Gasteiger partial charge in [0.05, 0.1) is 11.4 Å². The number of amides is 1. The van der Waals surface area contributed by atoms with E-state index in [1.165, 1.54) is 5.56 Å². The fraction of sp³-hybridized carbons (Fsp3) is 0.304. The summed E-state index contributed by atoms with van der Waals surface area (Å²) >= 11 is 0. The number of ether oxygens (including phenoxy) is 1. The molecule has 144 valence electrons. The molecule has 1 aromatic heterocycles. The van der Waals surface area contributed by atoms with Gasteiger partial charge in [-0.05, 0) is 68.3 Å². The lowest BCUT2D eigenvalue weighted by Gasteiger charge is -2.18. The fourth-order valence-electron chi connectivity index (χ4n) is 3.78. The average molecular weight is 375 g/mol. The first-order chi connectivity index (χ1) is 13.4. The largest absolute Gasteiger partial charge is 0.490 e. The number of carbonyl (C=O) groups is 1. The van der Waals surface area contributed by atoms with E-state index in [9.17, 15) is 4.79 Å². The van der Waals surface area contributed by atoms with E-state index in [1.807, 2.05) is 68.0 Å². The Labute approximate surface area is 165 Å². The zero-order valence-corrected chi connectivity index (χ0v) is 16.8. The van der Waals surface area contributed by atoms with E-state index >= 15 is 0 Å². The third kappa shape index (κ3) is 3.52. The normalized spacial score (nSPS) is 15.2. The van der Waals surface area contributed by atoms with Crippen molar-refractivity contribution in [3.05, 3.63) is 76.6 Å². The maximum Gasteiger partial charge on any atom is 0.253 e. The molecule has 1 atom stereocenters. The fourth-order valence-corrected chi connectivity index (χ4v) is 3.78. The molecule has 3 aromatic rings. The number of hydrogen-bond donors (Lipinski definition) is 0. The van der Waals surface area contributed by atoms with Crippen LogP contribution in [0.4, 0.5) is 0 Å². The molecule has 0 unspecified atom stereocenters. The number of hydrogen-bond acceptors (Lipinski definition) is 3. The highest BCUT2D eigenvalue weighted by Gasteiger charge is 2.20. The first-order valence-corrected chi connectivity index (χ1v) is 9.58. The Balaban J connectivity index is 1.47. The van der Waals surface area contributed by atoms with Crippen molar-refractivity contribution in [3.8, 4) is 11.4 Å². The smallest absolute Gasteiger partial charge is 0.253 e. The SMILES string of the molecule is Cc1cc(C)n(-c2ccc(C(=O)N(C)Cc3ccc4c(c3)C[C@H](C)O4)cc2)n1. The monoisotopic (exact) mass is 375 g/mol. The van der Waals surface area contributed by atoms with Gasteiger partial charge in [-0.15, -0.1) is 0 Å². The van der Waals surface area contributed by atoms with Crippen LogP contribution in [0.3, 0.4) is 0 Å². The van der Waals surface area contributed by atoms with Crippen molar-refractivity contribution in [2.45, 2.75) is 39.8 Å². The van der Waals surface area contributed by atoms with E-state index in [0.717, 1.165) is 34.8 Å². The Morgan fingerprint density at radius 1 is 1.18 bits per heavy atom. The highest BCUT2D eigenvalue weighted by Crippen LogP contribution is 2.29. The molecule has 0 aliphatic carbocycles. The van der Waals surface area contributed by atoms with Gasteiger partial charge in [0.1, 0.15) is 11.9 Å². The van der Waals surface area contributed by atoms with Gasteiger partial charge in [0.15, 0.2) is 0 Å². The number of nitrogens with zero attached hydrogens (tertiary/aromatic N) is 3. The van der Waals surface area contributed by atoms with Crippen molar-refractivity contribution in [1.82, 2.24) is 14.7 Å². The molecular weight excluding hydrogens is 350 g/mol. The molecule has 0 spiro atoms. The molecule has 2 aromatic carbocycles. The Kier molecular flexibility index (Phi) is 4.67. The van der Waals surface area contributed by atoms with Crippen molar-refractivity contribution in [2.24, 2.45) is 0 Å². The lowest BCUT2D eigenvalue weighted by molar-refractivity contribution is 0.0785. The maximum atomic E-state index is 12.8. The Bertz CT molecular complexity index is 1020. The molecule has 2 heterocycles. The van der Waals surface area contributed by atoms with Crippen LogP contribution in [0.1, 0.15) is 39.8 Å². The summed E-state index contributed by atoms with van der Waals surface area (Å²) in [6.45, 7) is 6.64. The molecule has 0 bridgehead atoms. The predicted molar refractivity (Wildman–Crippen MR) is 109 cm³/mol. The Morgan fingerprint density at radius 3 is 2.61 bits per heavy atom. The van der Waals surface area contributed by atoms with Crippen molar-refractivity contribution in [3.63, 3.8) is 0 Å². The average Bonchev–Trinajstić information content (AvgIpc) is 3.21. The minimum absolute atomic E-state index is 0.00466. The number of benzene rings is 2. The molecule has 5 nitrogen and oxygen atoms in total. The second-order valence-corrected chi connectivity index (χ2v) is 7.62. The van der Waals surface area contributed by atoms with Crippen LogP contribution in [0.2, 0.25) is 0 Å². The molecule has 1 aliphatic rings. The Hall–Kier alpha value is -3.08. The lowest BCUT2D eigenvalue weighted by Crippen LogP contribution is -2.26. The van der Waals surface area contributed by atoms with Crippen molar-refractivity contribution in [2.75, 3.05) is 7.05 Å². The zero-order chi connectivity index (χ0) is 19.8. The first-order valence-electron chi connectivity index (χ1n) is 9.58. The number of rotatable bonds is 4. The predicted octanol–water partition coefficient (Wildman–Crippen LogP) is 4.08. The van der Waals surface area contributed by atoms with E-state index in [1.54, 1.807) is 4.90 Å². The highest BCUT2D eigenvalue weighted by molar-refractivity contribution is 5.94. The van der Waals surface area contributed by atoms with Crippen molar-refractivity contribution >= 4 is 5.91 Å². The summed E-state index contributed by atoms with van der Waals surface area (Å²) in [6, 6.07) is 15.8. The van der Waals surface area contributed by atoms with Crippen LogP contribution in [0, 0.1) is 13.8 Å². The van der Waals surface area contributed by atoms with Crippen LogP contribution >= 0.6 is 0 Å². The molecule has 4 rings (SSSR count). The van der Waals surface area contributed by atoms with Gasteiger partial charge in [-0.3, -0.25) is 4.79 Å². The molecule has 0 radical (unpaired) electrons. The minimum Gasteiger partial charge on any atom is -0.490 e. The molecule has 0 saturated heterocycles. The summed E-state index contributed by atoms with van der Waals surface area (Å²) in [7, 11) is 1.84. The lowest BCUT2D eigenvalue weighted by atomic mass is 10.1. The van der Waals surface area contributed by atoms with Gasteiger partial charge in [-0.1, -0.05) is 12.1 Å². The Morgan fingerprint density at radius 2 is 1.93 bits per heavy atom. The van der Waals surface area contributed by atoms with Crippen LogP contribution in [-0.2, 0) is 13.0 Å². The van der Waals surface area contributed by atoms with Gasteiger partial charge >= 0.3 is 0 Å². The number of carbonyl (C=O) groups excluding carboxylic acids is 1. The van der Waals surface area contributed by atoms with Gasteiger partial charge in [0.2, 0.25) is 0 Å². The van der Waals surface area contributed by atoms with E-state index in [-0.39, 0.29) is 12.0 Å². The molecule has 5 heteroatoms. The molecule has 0 saturated carbocycles. The number of aryl methyl sites for hydroxylation is 2. The summed E-state index contributed by atoms with van der Waals surface area (Å²) in [5.41, 5.74) is 6.02. The molecule has 0 N–H and O–H groups in total. The van der Waals surface area contributed by atoms with E-state index < -0.39 is 0 Å². The van der Waals surface area contributed by atoms with Gasteiger partial charge in [-0.2, -0.15) is 5.10 Å². The van der Waals surface area contributed by atoms with E-state index in [0.29, 0.717) is 12.1 Å². The number of aromatic nitrogens is 2.